The highest BCUT2D eigenvalue weighted by Crippen LogP contribution is 2.22. The van der Waals surface area contributed by atoms with E-state index in [2.05, 4.69) is 0 Å². The average Bonchev–Trinajstić information content (AvgIpc) is 3.08. The van der Waals surface area contributed by atoms with E-state index in [1.54, 1.807) is 0 Å². The molecule has 3 saturated heterocycles. The molecule has 6 amide bonds. The molecule has 0 aliphatic carbocycles. The summed E-state index contributed by atoms with van der Waals surface area (Å²) in [6, 6.07) is -1.21. The minimum Gasteiger partial charge on any atom is -0.272 e. The third-order valence-corrected chi connectivity index (χ3v) is 3.76. The van der Waals surface area contributed by atoms with E-state index in [4.69, 9.17) is 0 Å². The Labute approximate surface area is 115 Å². The maximum absolute atomic E-state index is 12.3. The lowest BCUT2D eigenvalue weighted by molar-refractivity contribution is -0.134. The Morgan fingerprint density at radius 2 is 1.40 bits per heavy atom. The molecule has 9 nitrogen and oxygen atoms in total. The van der Waals surface area contributed by atoms with E-state index < -0.39 is 23.9 Å². The molecular weight excluding hydrogens is 266 g/mol. The van der Waals surface area contributed by atoms with E-state index in [1.165, 1.54) is 12.1 Å². The number of nitrogens with zero attached hydrogens (tertiary/aromatic N) is 5. The first kappa shape index (κ1) is 12.9. The van der Waals surface area contributed by atoms with Crippen LogP contribution in [-0.2, 0) is 9.59 Å². The summed E-state index contributed by atoms with van der Waals surface area (Å²) in [4.78, 5) is 48.6. The van der Waals surface area contributed by atoms with Gasteiger partial charge in [0, 0.05) is 20.1 Å². The van der Waals surface area contributed by atoms with Crippen LogP contribution in [0.2, 0.25) is 0 Å². The molecule has 0 bridgehead atoms. The predicted octanol–water partition coefficient (Wildman–Crippen LogP) is -0.930. The molecule has 9 heteroatoms. The maximum atomic E-state index is 12.3. The highest BCUT2D eigenvalue weighted by molar-refractivity contribution is 6.07. The molecule has 3 fully saturated rings. The minimum absolute atomic E-state index is 0.0828. The molecular formula is C11H15N5O4. The van der Waals surface area contributed by atoms with Crippen molar-refractivity contribution in [2.45, 2.75) is 12.8 Å². The van der Waals surface area contributed by atoms with E-state index in [0.717, 1.165) is 40.8 Å². The second-order valence-electron chi connectivity index (χ2n) is 5.00. The summed E-state index contributed by atoms with van der Waals surface area (Å²) in [7, 11) is 1.33. The largest absolute Gasteiger partial charge is 0.361 e. The van der Waals surface area contributed by atoms with Gasteiger partial charge in [0.2, 0.25) is 0 Å². The normalized spacial score (nSPS) is 24.9. The molecule has 3 heterocycles. The number of likely N-dealkylation sites (N-methyl/N-ethyl adjacent to an activating group) is 1. The first-order valence-electron chi connectivity index (χ1n) is 6.48. The van der Waals surface area contributed by atoms with Crippen molar-refractivity contribution in [1.29, 1.82) is 0 Å². The predicted molar refractivity (Wildman–Crippen MR) is 64.6 cm³/mol. The summed E-state index contributed by atoms with van der Waals surface area (Å²) < 4.78 is 0. The van der Waals surface area contributed by atoms with E-state index in [1.807, 2.05) is 5.01 Å². The number of hydrogen-bond acceptors (Lipinski definition) is 5. The minimum atomic E-state index is -0.653. The van der Waals surface area contributed by atoms with Gasteiger partial charge in [-0.2, -0.15) is 5.01 Å². The molecule has 0 aromatic rings. The first-order valence-corrected chi connectivity index (χ1v) is 6.48. The van der Waals surface area contributed by atoms with Crippen LogP contribution < -0.4 is 0 Å². The Bertz CT molecular complexity index is 501. The summed E-state index contributed by atoms with van der Waals surface area (Å²) in [5.74, 6) is -0.923. The summed E-state index contributed by atoms with van der Waals surface area (Å²) in [6.07, 6.45) is 1.95. The molecule has 0 spiro atoms. The van der Waals surface area contributed by atoms with Gasteiger partial charge in [-0.3, -0.25) is 14.5 Å². The van der Waals surface area contributed by atoms with Gasteiger partial charge in [0.1, 0.15) is 13.1 Å². The zero-order valence-electron chi connectivity index (χ0n) is 11.1. The third-order valence-electron chi connectivity index (χ3n) is 3.76. The zero-order chi connectivity index (χ0) is 14.4. The average molecular weight is 281 g/mol. The number of amides is 6. The molecule has 0 aromatic heterocycles. The lowest BCUT2D eigenvalue weighted by Gasteiger charge is -2.28. The number of carbonyl (C=O) groups excluding carboxylic acids is 4. The Hall–Kier alpha value is -2.16. The summed E-state index contributed by atoms with van der Waals surface area (Å²) >= 11 is 0. The van der Waals surface area contributed by atoms with Crippen LogP contribution in [0.25, 0.3) is 0 Å². The number of rotatable bonds is 2. The number of hydrazine groups is 2. The molecule has 3 rings (SSSR count). The highest BCUT2D eigenvalue weighted by Gasteiger charge is 2.48. The standard InChI is InChI=1S/C11H15N5O4/c1-12-8(17)6-15(10(12)19)16-9(18)7-14(11(16)20)13-4-2-3-5-13/h2-7H2,1H3. The van der Waals surface area contributed by atoms with Crippen LogP contribution in [0, 0.1) is 0 Å². The quantitative estimate of drug-likeness (QED) is 0.611. The second-order valence-corrected chi connectivity index (χ2v) is 5.00. The maximum Gasteiger partial charge on any atom is 0.361 e. The molecule has 108 valence electrons. The van der Waals surface area contributed by atoms with Gasteiger partial charge in [-0.05, 0) is 12.8 Å². The third kappa shape index (κ3) is 1.73. The summed E-state index contributed by atoms with van der Waals surface area (Å²) in [6.45, 7) is 1.08. The number of urea groups is 2. The van der Waals surface area contributed by atoms with Crippen LogP contribution in [0.5, 0.6) is 0 Å². The zero-order valence-corrected chi connectivity index (χ0v) is 11.1. The van der Waals surface area contributed by atoms with Gasteiger partial charge in [0.15, 0.2) is 0 Å². The van der Waals surface area contributed by atoms with Crippen molar-refractivity contribution in [2.75, 3.05) is 33.2 Å². The fourth-order valence-corrected chi connectivity index (χ4v) is 2.62. The summed E-state index contributed by atoms with van der Waals surface area (Å²) in [5, 5.41) is 4.85. The van der Waals surface area contributed by atoms with E-state index >= 15 is 0 Å². The van der Waals surface area contributed by atoms with Crippen LogP contribution in [0.15, 0.2) is 0 Å². The van der Waals surface area contributed by atoms with Crippen LogP contribution in [-0.4, -0.2) is 82.0 Å². The van der Waals surface area contributed by atoms with E-state index in [9.17, 15) is 19.2 Å². The van der Waals surface area contributed by atoms with Crippen molar-refractivity contribution in [3.05, 3.63) is 0 Å². The molecule has 0 aromatic carbocycles. The van der Waals surface area contributed by atoms with Gasteiger partial charge >= 0.3 is 12.1 Å². The number of imide groups is 2. The molecule has 0 radical (unpaired) electrons. The summed E-state index contributed by atoms with van der Waals surface area (Å²) in [5.41, 5.74) is 0. The Balaban J connectivity index is 1.80. The first-order chi connectivity index (χ1) is 9.50. The molecule has 0 atom stereocenters. The van der Waals surface area contributed by atoms with Crippen molar-refractivity contribution >= 4 is 23.9 Å². The van der Waals surface area contributed by atoms with Gasteiger partial charge in [0.25, 0.3) is 11.8 Å². The van der Waals surface area contributed by atoms with Crippen molar-refractivity contribution in [3.8, 4) is 0 Å². The fourth-order valence-electron chi connectivity index (χ4n) is 2.62. The Morgan fingerprint density at radius 3 is 1.95 bits per heavy atom. The Morgan fingerprint density at radius 1 is 0.800 bits per heavy atom. The van der Waals surface area contributed by atoms with E-state index in [-0.39, 0.29) is 13.1 Å². The Kier molecular flexibility index (Phi) is 2.85. The lowest BCUT2D eigenvalue weighted by Crippen LogP contribution is -2.50. The highest BCUT2D eigenvalue weighted by atomic mass is 16.2. The van der Waals surface area contributed by atoms with Crippen LogP contribution in [0.1, 0.15) is 12.8 Å². The molecule has 0 unspecified atom stereocenters. The SMILES string of the molecule is CN1C(=O)CN(N2C(=O)CN(N3CCCC3)C2=O)C1=O. The number of hydrogen-bond donors (Lipinski definition) is 0. The fraction of sp³-hybridized carbons (Fsp3) is 0.636. The van der Waals surface area contributed by atoms with Crippen molar-refractivity contribution in [3.63, 3.8) is 0 Å². The molecule has 20 heavy (non-hydrogen) atoms. The molecule has 0 saturated carbocycles. The van der Waals surface area contributed by atoms with Crippen molar-refractivity contribution < 1.29 is 19.2 Å². The van der Waals surface area contributed by atoms with Gasteiger partial charge < -0.3 is 0 Å². The van der Waals surface area contributed by atoms with Crippen molar-refractivity contribution in [2.24, 2.45) is 0 Å². The van der Waals surface area contributed by atoms with Crippen LogP contribution in [0.4, 0.5) is 9.59 Å². The van der Waals surface area contributed by atoms with Gasteiger partial charge in [0.05, 0.1) is 0 Å². The molecule has 3 aliphatic heterocycles. The monoisotopic (exact) mass is 281 g/mol. The van der Waals surface area contributed by atoms with Gasteiger partial charge in [-0.25, -0.2) is 24.6 Å². The van der Waals surface area contributed by atoms with E-state index in [0.29, 0.717) is 0 Å². The topological polar surface area (TPSA) is 84.5 Å². The second kappa shape index (κ2) is 4.44. The van der Waals surface area contributed by atoms with Gasteiger partial charge in [-0.1, -0.05) is 0 Å². The van der Waals surface area contributed by atoms with Crippen LogP contribution in [0.3, 0.4) is 0 Å². The molecule has 3 aliphatic rings. The van der Waals surface area contributed by atoms with Gasteiger partial charge in [-0.15, -0.1) is 0 Å². The smallest absolute Gasteiger partial charge is 0.272 e. The number of carbonyl (C=O) groups is 4. The van der Waals surface area contributed by atoms with Crippen molar-refractivity contribution in [1.82, 2.24) is 24.9 Å². The lowest BCUT2D eigenvalue weighted by atomic mass is 10.4. The van der Waals surface area contributed by atoms with Crippen LogP contribution >= 0.6 is 0 Å². The molecule has 0 N–H and O–H groups in total.